The first-order valence-electron chi connectivity index (χ1n) is 8.53. The van der Waals surface area contributed by atoms with E-state index in [1.54, 1.807) is 43.8 Å². The Morgan fingerprint density at radius 1 is 1.23 bits per heavy atom. The van der Waals surface area contributed by atoms with Gasteiger partial charge in [0, 0.05) is 24.0 Å². The molecule has 152 valence electrons. The second kappa shape index (κ2) is 10.3. The van der Waals surface area contributed by atoms with Gasteiger partial charge in [0.2, 0.25) is 0 Å². The lowest BCUT2D eigenvalue weighted by molar-refractivity contribution is -0.387. The summed E-state index contributed by atoms with van der Waals surface area (Å²) in [6.07, 6.45) is 4.60. The average Bonchev–Trinajstić information content (AvgIpc) is 2.75. The second-order valence-electron chi connectivity index (χ2n) is 5.64. The van der Waals surface area contributed by atoms with E-state index in [2.05, 4.69) is 25.8 Å². The number of hydrogen-bond donors (Lipinski definition) is 2. The molecule has 0 atom stereocenters. The maximum atomic E-state index is 11.5. The number of nitrogens with zero attached hydrogens (tertiary/aromatic N) is 4. The van der Waals surface area contributed by atoms with Gasteiger partial charge < -0.3 is 10.1 Å². The van der Waals surface area contributed by atoms with E-state index in [-0.39, 0.29) is 10.8 Å². The molecule has 0 aliphatic carbocycles. The molecule has 30 heavy (non-hydrogen) atoms. The first-order valence-corrected chi connectivity index (χ1v) is 9.75. The van der Waals surface area contributed by atoms with Crippen LogP contribution >= 0.6 is 24.0 Å². The molecule has 0 radical (unpaired) electrons. The van der Waals surface area contributed by atoms with Crippen molar-refractivity contribution in [3.63, 3.8) is 0 Å². The summed E-state index contributed by atoms with van der Waals surface area (Å²) in [7, 11) is 1.56. The Morgan fingerprint density at radius 2 is 2.00 bits per heavy atom. The first kappa shape index (κ1) is 21.1. The quantitative estimate of drug-likeness (QED) is 0.186. The lowest BCUT2D eigenvalue weighted by Crippen LogP contribution is -2.24. The number of hydrogen-bond acceptors (Lipinski definition) is 8. The Labute approximate surface area is 181 Å². The van der Waals surface area contributed by atoms with Crippen molar-refractivity contribution in [1.82, 2.24) is 15.4 Å². The van der Waals surface area contributed by atoms with Gasteiger partial charge in [-0.1, -0.05) is 18.2 Å². The Kier molecular flexibility index (Phi) is 7.24. The van der Waals surface area contributed by atoms with Gasteiger partial charge in [0.25, 0.3) is 5.69 Å². The molecule has 1 heterocycles. The van der Waals surface area contributed by atoms with E-state index in [9.17, 15) is 10.1 Å². The van der Waals surface area contributed by atoms with E-state index in [1.165, 1.54) is 12.3 Å². The maximum absolute atomic E-state index is 11.5. The number of hydrazone groups is 1. The number of anilines is 1. The molecule has 2 N–H and O–H groups in total. The molecule has 0 bridgehead atoms. The SMILES string of the molecule is COc1ccccc1NC(=S)NN=Cc1ccc(Sc2ncccn2)c([N+](=O)[O-])c1. The Bertz CT molecular complexity index is 1080. The summed E-state index contributed by atoms with van der Waals surface area (Å²) in [5.74, 6) is 0.636. The molecule has 11 heteroatoms. The molecule has 0 unspecified atom stereocenters. The van der Waals surface area contributed by atoms with Crippen LogP contribution in [0, 0.1) is 10.1 Å². The molecule has 0 aliphatic rings. The van der Waals surface area contributed by atoms with Crippen LogP contribution in [0.2, 0.25) is 0 Å². The third kappa shape index (κ3) is 5.72. The summed E-state index contributed by atoms with van der Waals surface area (Å²) in [4.78, 5) is 19.6. The molecule has 0 amide bonds. The normalized spacial score (nSPS) is 10.6. The summed E-state index contributed by atoms with van der Waals surface area (Å²) in [5, 5.41) is 19.1. The van der Waals surface area contributed by atoms with E-state index in [0.717, 1.165) is 11.8 Å². The molecular formula is C19H16N6O3S2. The number of ether oxygens (including phenoxy) is 1. The van der Waals surface area contributed by atoms with Crippen molar-refractivity contribution in [1.29, 1.82) is 0 Å². The molecule has 0 spiro atoms. The fourth-order valence-electron chi connectivity index (χ4n) is 2.34. The summed E-state index contributed by atoms with van der Waals surface area (Å²) < 4.78 is 5.25. The highest BCUT2D eigenvalue weighted by Gasteiger charge is 2.16. The minimum absolute atomic E-state index is 0.0638. The van der Waals surface area contributed by atoms with Crippen LogP contribution in [-0.2, 0) is 0 Å². The van der Waals surface area contributed by atoms with E-state index in [0.29, 0.717) is 27.1 Å². The summed E-state index contributed by atoms with van der Waals surface area (Å²) in [6, 6.07) is 13.7. The van der Waals surface area contributed by atoms with Crippen LogP contribution in [0.5, 0.6) is 5.75 Å². The smallest absolute Gasteiger partial charge is 0.283 e. The fourth-order valence-corrected chi connectivity index (χ4v) is 3.30. The van der Waals surface area contributed by atoms with Gasteiger partial charge in [-0.15, -0.1) is 0 Å². The minimum atomic E-state index is -0.454. The van der Waals surface area contributed by atoms with Crippen LogP contribution in [0.25, 0.3) is 0 Å². The van der Waals surface area contributed by atoms with Gasteiger partial charge in [0.05, 0.1) is 28.8 Å². The Morgan fingerprint density at radius 3 is 2.73 bits per heavy atom. The molecule has 9 nitrogen and oxygen atoms in total. The largest absolute Gasteiger partial charge is 0.495 e. The molecule has 1 aromatic heterocycles. The summed E-state index contributed by atoms with van der Waals surface area (Å²) in [6.45, 7) is 0. The third-order valence-electron chi connectivity index (χ3n) is 3.66. The van der Waals surface area contributed by atoms with Crippen LogP contribution < -0.4 is 15.5 Å². The summed E-state index contributed by atoms with van der Waals surface area (Å²) in [5.41, 5.74) is 3.83. The predicted octanol–water partition coefficient (Wildman–Crippen LogP) is 3.87. The lowest BCUT2D eigenvalue weighted by atomic mass is 10.2. The van der Waals surface area contributed by atoms with Gasteiger partial charge in [-0.25, -0.2) is 9.97 Å². The van der Waals surface area contributed by atoms with E-state index in [4.69, 9.17) is 17.0 Å². The van der Waals surface area contributed by atoms with Crippen molar-refractivity contribution in [2.45, 2.75) is 10.1 Å². The number of nitro groups is 1. The van der Waals surface area contributed by atoms with Crippen LogP contribution in [0.1, 0.15) is 5.56 Å². The first-order chi connectivity index (χ1) is 14.6. The summed E-state index contributed by atoms with van der Waals surface area (Å²) >= 11 is 6.32. The molecule has 0 saturated carbocycles. The fraction of sp³-hybridized carbons (Fsp3) is 0.0526. The zero-order chi connectivity index (χ0) is 21.3. The Hall–Kier alpha value is -3.57. The highest BCUT2D eigenvalue weighted by atomic mass is 32.2. The number of nitrogens with one attached hydrogen (secondary N) is 2. The lowest BCUT2D eigenvalue weighted by Gasteiger charge is -2.10. The third-order valence-corrected chi connectivity index (χ3v) is 4.81. The zero-order valence-corrected chi connectivity index (χ0v) is 17.3. The van der Waals surface area contributed by atoms with Crippen molar-refractivity contribution in [3.8, 4) is 5.75 Å². The highest BCUT2D eigenvalue weighted by molar-refractivity contribution is 7.99. The van der Waals surface area contributed by atoms with Crippen LogP contribution in [0.4, 0.5) is 11.4 Å². The van der Waals surface area contributed by atoms with Crippen molar-refractivity contribution >= 4 is 46.7 Å². The zero-order valence-electron chi connectivity index (χ0n) is 15.7. The van der Waals surface area contributed by atoms with Crippen molar-refractivity contribution < 1.29 is 9.66 Å². The molecule has 0 fully saturated rings. The molecule has 3 rings (SSSR count). The average molecular weight is 441 g/mol. The van der Waals surface area contributed by atoms with E-state index >= 15 is 0 Å². The molecule has 0 saturated heterocycles. The van der Waals surface area contributed by atoms with Gasteiger partial charge in [0.15, 0.2) is 10.3 Å². The molecule has 0 aliphatic heterocycles. The molecule has 2 aromatic carbocycles. The van der Waals surface area contributed by atoms with Crippen molar-refractivity contribution in [2.24, 2.45) is 5.10 Å². The number of rotatable bonds is 7. The van der Waals surface area contributed by atoms with Crippen molar-refractivity contribution in [2.75, 3.05) is 12.4 Å². The van der Waals surface area contributed by atoms with Gasteiger partial charge in [-0.05, 0) is 48.2 Å². The van der Waals surface area contributed by atoms with E-state index < -0.39 is 4.92 Å². The van der Waals surface area contributed by atoms with Crippen LogP contribution in [-0.4, -0.2) is 33.3 Å². The number of methoxy groups -OCH3 is 1. The molecular weight excluding hydrogens is 424 g/mol. The molecule has 3 aromatic rings. The Balaban J connectivity index is 1.67. The standard InChI is InChI=1S/C19H16N6O3S2/c1-28-16-6-3-2-5-14(16)23-18(29)24-22-12-13-7-8-17(15(11-13)25(26)27)30-19-20-9-4-10-21-19/h2-12H,1H3,(H2,23,24,29). The topological polar surface area (TPSA) is 115 Å². The van der Waals surface area contributed by atoms with Gasteiger partial charge in [0.1, 0.15) is 5.75 Å². The maximum Gasteiger partial charge on any atom is 0.283 e. The number of thiocarbonyl (C=S) groups is 1. The number of benzene rings is 2. The van der Waals surface area contributed by atoms with Crippen LogP contribution in [0.3, 0.4) is 0 Å². The van der Waals surface area contributed by atoms with Gasteiger partial charge >= 0.3 is 0 Å². The monoisotopic (exact) mass is 440 g/mol. The highest BCUT2D eigenvalue weighted by Crippen LogP contribution is 2.33. The van der Waals surface area contributed by atoms with Gasteiger partial charge in [-0.2, -0.15) is 5.10 Å². The number of aromatic nitrogens is 2. The minimum Gasteiger partial charge on any atom is -0.495 e. The second-order valence-corrected chi connectivity index (χ2v) is 7.06. The van der Waals surface area contributed by atoms with E-state index in [1.807, 2.05) is 18.2 Å². The van der Waals surface area contributed by atoms with Crippen molar-refractivity contribution in [3.05, 3.63) is 76.6 Å². The van der Waals surface area contributed by atoms with Gasteiger partial charge in [-0.3, -0.25) is 15.5 Å². The predicted molar refractivity (Wildman–Crippen MR) is 119 cm³/mol. The number of nitro benzene ring substituents is 1. The van der Waals surface area contributed by atoms with Crippen LogP contribution in [0.15, 0.2) is 76.1 Å². The number of para-hydroxylation sites is 2.